The van der Waals surface area contributed by atoms with Gasteiger partial charge >= 0.3 is 6.03 Å². The number of nitrogens with zero attached hydrogens (tertiary/aromatic N) is 1. The molecule has 3 N–H and O–H groups in total. The van der Waals surface area contributed by atoms with Gasteiger partial charge in [-0.1, -0.05) is 11.9 Å². The molecule has 1 heterocycles. The lowest BCUT2D eigenvalue weighted by Crippen LogP contribution is -2.50. The number of likely N-dealkylation sites (tertiary alicyclic amines) is 1. The third-order valence-electron chi connectivity index (χ3n) is 3.46. The molecule has 1 aliphatic carbocycles. The van der Waals surface area contributed by atoms with Crippen molar-refractivity contribution in [1.82, 2.24) is 15.1 Å². The van der Waals surface area contributed by atoms with E-state index in [9.17, 15) is 4.79 Å². The third-order valence-corrected chi connectivity index (χ3v) is 4.46. The summed E-state index contributed by atoms with van der Waals surface area (Å²) in [5.41, 5.74) is 1.75. The van der Waals surface area contributed by atoms with Crippen LogP contribution in [0.25, 0.3) is 0 Å². The monoisotopic (exact) mass is 245 g/mol. The highest BCUT2D eigenvalue weighted by atomic mass is 32.2. The van der Waals surface area contributed by atoms with Crippen molar-refractivity contribution in [3.8, 4) is 0 Å². The first kappa shape index (κ1) is 12.0. The second-order valence-electron chi connectivity index (χ2n) is 4.52. The van der Waals surface area contributed by atoms with E-state index in [1.54, 1.807) is 22.3 Å². The molecule has 1 saturated carbocycles. The van der Waals surface area contributed by atoms with E-state index < -0.39 is 0 Å². The Morgan fingerprint density at radius 2 is 2.00 bits per heavy atom. The van der Waals surface area contributed by atoms with Gasteiger partial charge in [-0.15, -0.1) is 0 Å². The quantitative estimate of drug-likeness (QED) is 0.399. The second-order valence-corrected chi connectivity index (χ2v) is 5.71. The van der Waals surface area contributed by atoms with Crippen LogP contribution in [0.1, 0.15) is 25.7 Å². The van der Waals surface area contributed by atoms with Crippen LogP contribution in [0, 0.1) is 11.8 Å². The van der Waals surface area contributed by atoms with E-state index in [1.807, 2.05) is 7.05 Å². The van der Waals surface area contributed by atoms with Gasteiger partial charge in [-0.05, 0) is 44.6 Å². The summed E-state index contributed by atoms with van der Waals surface area (Å²) in [7, 11) is 1.85. The van der Waals surface area contributed by atoms with Crippen LogP contribution in [-0.2, 0) is 0 Å². The Morgan fingerprint density at radius 1 is 1.31 bits per heavy atom. The number of urea groups is 1. The van der Waals surface area contributed by atoms with Gasteiger partial charge in [0.2, 0.25) is 0 Å². The lowest BCUT2D eigenvalue weighted by atomic mass is 9.93. The van der Waals surface area contributed by atoms with Gasteiger partial charge in [-0.25, -0.2) is 10.3 Å². The minimum absolute atomic E-state index is 0.132. The zero-order chi connectivity index (χ0) is 11.5. The van der Waals surface area contributed by atoms with Gasteiger partial charge in [0.05, 0.1) is 5.37 Å². The molecule has 92 valence electrons. The maximum atomic E-state index is 11.6. The molecule has 0 aromatic rings. The van der Waals surface area contributed by atoms with E-state index in [0.29, 0.717) is 5.92 Å². The van der Waals surface area contributed by atoms with Crippen LogP contribution < -0.4 is 10.2 Å². The van der Waals surface area contributed by atoms with Gasteiger partial charge in [0, 0.05) is 6.54 Å². The van der Waals surface area contributed by atoms with E-state index in [0.717, 1.165) is 18.9 Å². The SMILES string of the molecule is CNS[C@@H]1CCC(C2CC2)CN1C(=O)NO. The Hall–Kier alpha value is -0.460. The molecule has 1 unspecified atom stereocenters. The molecule has 2 fully saturated rings. The van der Waals surface area contributed by atoms with Crippen molar-refractivity contribution >= 4 is 18.0 Å². The zero-order valence-corrected chi connectivity index (χ0v) is 10.3. The largest absolute Gasteiger partial charge is 0.342 e. The van der Waals surface area contributed by atoms with Crippen molar-refractivity contribution in [1.29, 1.82) is 0 Å². The van der Waals surface area contributed by atoms with Crippen LogP contribution in [0.15, 0.2) is 0 Å². The molecule has 6 heteroatoms. The van der Waals surface area contributed by atoms with Crippen molar-refractivity contribution in [2.75, 3.05) is 13.6 Å². The summed E-state index contributed by atoms with van der Waals surface area (Å²) in [6.45, 7) is 0.774. The normalized spacial score (nSPS) is 30.2. The Bertz CT molecular complexity index is 260. The smallest absolute Gasteiger partial charge is 0.310 e. The Kier molecular flexibility index (Phi) is 3.94. The molecule has 2 rings (SSSR count). The Balaban J connectivity index is 1.96. The number of amides is 2. The number of hydrogen-bond donors (Lipinski definition) is 3. The highest BCUT2D eigenvalue weighted by Crippen LogP contribution is 2.43. The molecule has 1 aliphatic heterocycles. The second kappa shape index (κ2) is 5.25. The summed E-state index contributed by atoms with van der Waals surface area (Å²) in [6, 6.07) is -0.377. The highest BCUT2D eigenvalue weighted by Gasteiger charge is 2.39. The van der Waals surface area contributed by atoms with E-state index in [1.165, 1.54) is 19.3 Å². The van der Waals surface area contributed by atoms with Crippen molar-refractivity contribution in [3.05, 3.63) is 0 Å². The minimum Gasteiger partial charge on any atom is -0.310 e. The van der Waals surface area contributed by atoms with Crippen LogP contribution in [0.2, 0.25) is 0 Å². The van der Waals surface area contributed by atoms with Gasteiger partial charge < -0.3 is 4.90 Å². The number of nitrogens with one attached hydrogen (secondary N) is 2. The van der Waals surface area contributed by atoms with Gasteiger partial charge in [0.1, 0.15) is 0 Å². The van der Waals surface area contributed by atoms with Gasteiger partial charge in [0.15, 0.2) is 0 Å². The lowest BCUT2D eigenvalue weighted by molar-refractivity contribution is 0.102. The fourth-order valence-electron chi connectivity index (χ4n) is 2.46. The van der Waals surface area contributed by atoms with Crippen LogP contribution >= 0.6 is 11.9 Å². The Labute approximate surface area is 100 Å². The maximum Gasteiger partial charge on any atom is 0.342 e. The van der Waals surface area contributed by atoms with E-state index in [2.05, 4.69) is 4.72 Å². The molecule has 0 aromatic carbocycles. The molecular formula is C10H19N3O2S. The van der Waals surface area contributed by atoms with Crippen molar-refractivity contribution in [2.45, 2.75) is 31.1 Å². The number of piperidine rings is 1. The van der Waals surface area contributed by atoms with Crippen molar-refractivity contribution in [3.63, 3.8) is 0 Å². The average Bonchev–Trinajstić information content (AvgIpc) is 3.13. The predicted octanol–water partition coefficient (Wildman–Crippen LogP) is 1.40. The zero-order valence-electron chi connectivity index (χ0n) is 9.48. The summed E-state index contributed by atoms with van der Waals surface area (Å²) < 4.78 is 3.02. The first-order valence-corrected chi connectivity index (χ1v) is 6.67. The molecular weight excluding hydrogens is 226 g/mol. The van der Waals surface area contributed by atoms with Gasteiger partial charge in [-0.2, -0.15) is 0 Å². The topological polar surface area (TPSA) is 64.6 Å². The van der Waals surface area contributed by atoms with Crippen molar-refractivity contribution in [2.24, 2.45) is 11.8 Å². The molecule has 1 saturated heterocycles. The fraction of sp³-hybridized carbons (Fsp3) is 0.900. The first-order valence-electron chi connectivity index (χ1n) is 5.79. The van der Waals surface area contributed by atoms with E-state index in [-0.39, 0.29) is 11.4 Å². The number of hydrogen-bond acceptors (Lipinski definition) is 4. The highest BCUT2D eigenvalue weighted by molar-refractivity contribution is 7.97. The molecule has 0 spiro atoms. The molecule has 5 nitrogen and oxygen atoms in total. The summed E-state index contributed by atoms with van der Waals surface area (Å²) in [5, 5.41) is 8.87. The van der Waals surface area contributed by atoms with Crippen LogP contribution in [0.4, 0.5) is 4.79 Å². The number of hydroxylamine groups is 1. The third kappa shape index (κ3) is 2.61. The van der Waals surface area contributed by atoms with Crippen LogP contribution in [0.3, 0.4) is 0 Å². The summed E-state index contributed by atoms with van der Waals surface area (Å²) in [5.74, 6) is 1.44. The molecule has 0 radical (unpaired) electrons. The molecule has 0 bridgehead atoms. The molecule has 2 aliphatic rings. The molecule has 2 atom stereocenters. The number of carbonyl (C=O) groups is 1. The maximum absolute atomic E-state index is 11.6. The molecule has 0 aromatic heterocycles. The van der Waals surface area contributed by atoms with Crippen molar-refractivity contribution < 1.29 is 10.0 Å². The number of carbonyl (C=O) groups excluding carboxylic acids is 1. The summed E-state index contributed by atoms with van der Waals surface area (Å²) in [6.07, 6.45) is 4.81. The summed E-state index contributed by atoms with van der Waals surface area (Å²) >= 11 is 1.54. The first-order chi connectivity index (χ1) is 7.76. The van der Waals surface area contributed by atoms with Crippen LogP contribution in [-0.4, -0.2) is 35.1 Å². The summed E-state index contributed by atoms with van der Waals surface area (Å²) in [4.78, 5) is 13.3. The van der Waals surface area contributed by atoms with Gasteiger partial charge in [-0.3, -0.25) is 9.93 Å². The lowest BCUT2D eigenvalue weighted by Gasteiger charge is -2.38. The number of rotatable bonds is 3. The molecule has 16 heavy (non-hydrogen) atoms. The average molecular weight is 245 g/mol. The molecule has 2 amide bonds. The van der Waals surface area contributed by atoms with Crippen LogP contribution in [0.5, 0.6) is 0 Å². The van der Waals surface area contributed by atoms with E-state index in [4.69, 9.17) is 5.21 Å². The van der Waals surface area contributed by atoms with Gasteiger partial charge in [0.25, 0.3) is 0 Å². The predicted molar refractivity (Wildman–Crippen MR) is 62.9 cm³/mol. The minimum atomic E-state index is -0.377. The standard InChI is InChI=1S/C10H19N3O2S/c1-11-16-9-5-4-8(7-2-3-7)6-13(9)10(14)12-15/h7-9,11,15H,2-6H2,1H3,(H,12,14)/t8?,9-/m1/s1. The fourth-order valence-corrected chi connectivity index (χ4v) is 3.30. The Morgan fingerprint density at radius 3 is 2.56 bits per heavy atom. The van der Waals surface area contributed by atoms with E-state index >= 15 is 0 Å².